The first kappa shape index (κ1) is 25.0. The van der Waals surface area contributed by atoms with Crippen LogP contribution in [0.2, 0.25) is 0 Å². The first-order valence-electron chi connectivity index (χ1n) is 12.4. The quantitative estimate of drug-likeness (QED) is 0.221. The second-order valence-corrected chi connectivity index (χ2v) is 9.37. The van der Waals surface area contributed by atoms with Gasteiger partial charge < -0.3 is 16.4 Å². The normalized spacial score (nSPS) is 15.4. The Labute approximate surface area is 218 Å². The van der Waals surface area contributed by atoms with Gasteiger partial charge in [0.15, 0.2) is 17.1 Å². The number of rotatable bonds is 5. The number of piperidine rings is 1. The maximum Gasteiger partial charge on any atom is 0.332 e. The first-order chi connectivity index (χ1) is 18.3. The van der Waals surface area contributed by atoms with E-state index in [0.717, 1.165) is 34.0 Å². The molecule has 3 aromatic heterocycles. The number of hydrogen-bond donors (Lipinski definition) is 2. The van der Waals surface area contributed by atoms with E-state index in [2.05, 4.69) is 26.8 Å². The largest absolute Gasteiger partial charge is 0.370 e. The summed E-state index contributed by atoms with van der Waals surface area (Å²) in [6.07, 6.45) is 1.70. The van der Waals surface area contributed by atoms with Crippen molar-refractivity contribution in [3.63, 3.8) is 0 Å². The third-order valence-corrected chi connectivity index (χ3v) is 6.78. The van der Waals surface area contributed by atoms with Crippen LogP contribution in [0.3, 0.4) is 0 Å². The van der Waals surface area contributed by atoms with Crippen LogP contribution in [0.5, 0.6) is 0 Å². The molecule has 0 saturated carbocycles. The van der Waals surface area contributed by atoms with Crippen LogP contribution < -0.4 is 27.6 Å². The van der Waals surface area contributed by atoms with E-state index >= 15 is 0 Å². The Bertz CT molecular complexity index is 1750. The Balaban J connectivity index is 1.65. The Kier molecular flexibility index (Phi) is 6.59. The van der Waals surface area contributed by atoms with Crippen LogP contribution in [0.25, 0.3) is 22.1 Å². The molecule has 0 amide bonds. The minimum Gasteiger partial charge on any atom is -0.370 e. The van der Waals surface area contributed by atoms with E-state index in [1.807, 2.05) is 36.1 Å². The van der Waals surface area contributed by atoms with Crippen molar-refractivity contribution in [3.05, 3.63) is 56.6 Å². The fourth-order valence-corrected chi connectivity index (χ4v) is 5.01. The van der Waals surface area contributed by atoms with E-state index in [1.165, 1.54) is 4.57 Å². The van der Waals surface area contributed by atoms with Crippen molar-refractivity contribution in [2.24, 2.45) is 23.5 Å². The molecule has 0 bridgehead atoms. The lowest BCUT2D eigenvalue weighted by atomic mass is 10.1. The average molecular weight is 515 g/mol. The molecule has 0 aliphatic carbocycles. The summed E-state index contributed by atoms with van der Waals surface area (Å²) in [5.74, 6) is 6.91. The zero-order chi connectivity index (χ0) is 27.0. The van der Waals surface area contributed by atoms with Gasteiger partial charge in [-0.15, -0.1) is 5.92 Å². The highest BCUT2D eigenvalue weighted by molar-refractivity contribution is 5.80. The maximum absolute atomic E-state index is 13.9. The third-order valence-electron chi connectivity index (χ3n) is 6.78. The molecule has 12 heteroatoms. The van der Waals surface area contributed by atoms with Gasteiger partial charge in [-0.1, -0.05) is 24.1 Å². The summed E-state index contributed by atoms with van der Waals surface area (Å²) < 4.78 is 4.32. The lowest BCUT2D eigenvalue weighted by Crippen LogP contribution is -2.41. The molecule has 12 nitrogen and oxygen atoms in total. The number of nitrogens with two attached hydrogens (primary N) is 2. The van der Waals surface area contributed by atoms with E-state index in [0.29, 0.717) is 36.0 Å². The Morgan fingerprint density at radius 3 is 2.71 bits per heavy atom. The summed E-state index contributed by atoms with van der Waals surface area (Å²) in [6, 6.07) is 7.55. The average Bonchev–Trinajstić information content (AvgIpc) is 3.28. The van der Waals surface area contributed by atoms with Gasteiger partial charge in [0.1, 0.15) is 5.82 Å². The lowest BCUT2D eigenvalue weighted by molar-refractivity contribution is 0.497. The van der Waals surface area contributed by atoms with E-state index in [9.17, 15) is 9.59 Å². The fraction of sp³-hybridized carbons (Fsp3) is 0.385. The predicted octanol–water partition coefficient (Wildman–Crippen LogP) is 0.462. The molecule has 1 aliphatic rings. The molecule has 4 aromatic rings. The van der Waals surface area contributed by atoms with E-state index < -0.39 is 11.2 Å². The molecule has 0 radical (unpaired) electrons. The van der Waals surface area contributed by atoms with Gasteiger partial charge in [-0.3, -0.25) is 18.5 Å². The first-order valence-corrected chi connectivity index (χ1v) is 12.4. The number of benzene rings is 1. The van der Waals surface area contributed by atoms with Gasteiger partial charge in [0, 0.05) is 31.2 Å². The molecular formula is C26H30N10O2. The number of imidazole rings is 1. The topological polar surface area (TPSA) is 155 Å². The number of aliphatic imine (C=N–C) groups is 1. The van der Waals surface area contributed by atoms with Crippen LogP contribution >= 0.6 is 0 Å². The van der Waals surface area contributed by atoms with Gasteiger partial charge in [-0.05, 0) is 32.8 Å². The van der Waals surface area contributed by atoms with Gasteiger partial charge in [-0.25, -0.2) is 19.8 Å². The molecule has 1 aliphatic heterocycles. The van der Waals surface area contributed by atoms with Gasteiger partial charge in [0.2, 0.25) is 5.95 Å². The van der Waals surface area contributed by atoms with Crippen LogP contribution in [-0.4, -0.2) is 53.7 Å². The highest BCUT2D eigenvalue weighted by Crippen LogP contribution is 2.24. The minimum atomic E-state index is -0.494. The zero-order valence-electron chi connectivity index (χ0n) is 21.7. The van der Waals surface area contributed by atoms with Crippen molar-refractivity contribution < 1.29 is 0 Å². The monoisotopic (exact) mass is 514 g/mol. The molecule has 1 aromatic carbocycles. The van der Waals surface area contributed by atoms with Crippen LogP contribution in [-0.2, 0) is 20.1 Å². The number of aromatic nitrogens is 6. The highest BCUT2D eigenvalue weighted by Gasteiger charge is 2.27. The molecule has 38 heavy (non-hydrogen) atoms. The van der Waals surface area contributed by atoms with E-state index in [-0.39, 0.29) is 25.1 Å². The Hall–Kier alpha value is -4.66. The molecule has 5 rings (SSSR count). The number of aryl methyl sites for hydroxylation is 2. The Morgan fingerprint density at radius 1 is 1.16 bits per heavy atom. The molecule has 1 saturated heterocycles. The summed E-state index contributed by atoms with van der Waals surface area (Å²) in [7, 11) is 1.61. The molecule has 0 spiro atoms. The van der Waals surface area contributed by atoms with E-state index in [1.54, 1.807) is 18.5 Å². The van der Waals surface area contributed by atoms with Crippen LogP contribution in [0.15, 0.2) is 38.8 Å². The number of anilines is 1. The Morgan fingerprint density at radius 2 is 1.95 bits per heavy atom. The van der Waals surface area contributed by atoms with Crippen LogP contribution in [0.4, 0.5) is 5.95 Å². The van der Waals surface area contributed by atoms with Gasteiger partial charge in [0.05, 0.1) is 24.6 Å². The molecule has 1 fully saturated rings. The fourth-order valence-electron chi connectivity index (χ4n) is 5.01. The van der Waals surface area contributed by atoms with Gasteiger partial charge in [-0.2, -0.15) is 4.98 Å². The summed E-state index contributed by atoms with van der Waals surface area (Å²) in [5.41, 5.74) is 12.4. The van der Waals surface area contributed by atoms with Crippen LogP contribution in [0.1, 0.15) is 31.3 Å². The maximum atomic E-state index is 13.9. The van der Waals surface area contributed by atoms with Crippen molar-refractivity contribution >= 4 is 34.0 Å². The van der Waals surface area contributed by atoms with Crippen molar-refractivity contribution in [1.29, 1.82) is 0 Å². The molecule has 0 unspecified atom stereocenters. The van der Waals surface area contributed by atoms with Crippen molar-refractivity contribution in [2.45, 2.75) is 45.8 Å². The molecule has 196 valence electrons. The van der Waals surface area contributed by atoms with Crippen molar-refractivity contribution in [2.75, 3.05) is 18.0 Å². The number of fused-ring (bicyclic) bond motifs is 2. The standard InChI is InChI=1S/C26H30N10O2/c1-4-5-13-35-21-22(32-25(35)34-12-8-9-17(14-34)30-24(27)28)33(3)26(38)36(23(21)37)15-20-29-16(2)18-10-6-7-11-19(18)31-20/h6-7,10-11,17H,8-9,12-15H2,1-3H3,(H4,27,28,30)/t17-/m1/s1. The number of para-hydroxylation sites is 1. The summed E-state index contributed by atoms with van der Waals surface area (Å²) in [4.78, 5) is 47.5. The lowest BCUT2D eigenvalue weighted by Gasteiger charge is -2.31. The highest BCUT2D eigenvalue weighted by atomic mass is 16.2. The summed E-state index contributed by atoms with van der Waals surface area (Å²) >= 11 is 0. The molecular weight excluding hydrogens is 484 g/mol. The minimum absolute atomic E-state index is 0.0404. The number of hydrogen-bond acceptors (Lipinski definition) is 7. The second kappa shape index (κ2) is 10.0. The molecule has 4 heterocycles. The molecule has 4 N–H and O–H groups in total. The van der Waals surface area contributed by atoms with Crippen molar-refractivity contribution in [3.8, 4) is 11.8 Å². The SMILES string of the molecule is CC#CCn1c(N2CCC[C@@H](N=C(N)N)C2)nc2c1c(=O)n(Cc1nc(C)c3ccccc3n1)c(=O)n2C. The smallest absolute Gasteiger partial charge is 0.332 e. The summed E-state index contributed by atoms with van der Waals surface area (Å²) in [6.45, 7) is 5.05. The second-order valence-electron chi connectivity index (χ2n) is 9.37. The third kappa shape index (κ3) is 4.47. The van der Waals surface area contributed by atoms with Gasteiger partial charge in [0.25, 0.3) is 5.56 Å². The van der Waals surface area contributed by atoms with E-state index in [4.69, 9.17) is 16.5 Å². The summed E-state index contributed by atoms with van der Waals surface area (Å²) in [5, 5.41) is 0.924. The van der Waals surface area contributed by atoms with Crippen molar-refractivity contribution in [1.82, 2.24) is 28.7 Å². The van der Waals surface area contributed by atoms with Gasteiger partial charge >= 0.3 is 5.69 Å². The zero-order valence-corrected chi connectivity index (χ0v) is 21.7. The number of guanidine groups is 1. The van der Waals surface area contributed by atoms with Crippen LogP contribution in [0, 0.1) is 18.8 Å². The predicted molar refractivity (Wildman–Crippen MR) is 147 cm³/mol. The molecule has 1 atom stereocenters. The number of nitrogens with zero attached hydrogens (tertiary/aromatic N) is 8.